The van der Waals surface area contributed by atoms with Gasteiger partial charge in [-0.05, 0) is 31.5 Å². The monoisotopic (exact) mass is 350 g/mol. The number of benzene rings is 1. The molecule has 1 atom stereocenters. The van der Waals surface area contributed by atoms with Gasteiger partial charge in [-0.1, -0.05) is 30.3 Å². The van der Waals surface area contributed by atoms with E-state index in [-0.39, 0.29) is 19.1 Å². The third-order valence-electron chi connectivity index (χ3n) is 4.69. The Morgan fingerprint density at radius 3 is 2.64 bits per heavy atom. The zero-order chi connectivity index (χ0) is 18.1. The lowest BCUT2D eigenvalue weighted by Gasteiger charge is -2.38. The maximum Gasteiger partial charge on any atom is 0.231 e. The number of amides is 1. The average molecular weight is 350 g/mol. The molecular weight excluding hydrogens is 320 g/mol. The van der Waals surface area contributed by atoms with Crippen LogP contribution in [0.4, 0.5) is 0 Å². The van der Waals surface area contributed by atoms with Gasteiger partial charge >= 0.3 is 0 Å². The predicted molar refractivity (Wildman–Crippen MR) is 96.2 cm³/mol. The fourth-order valence-corrected chi connectivity index (χ4v) is 3.35. The average Bonchev–Trinajstić information content (AvgIpc) is 2.63. The van der Waals surface area contributed by atoms with E-state index in [0.29, 0.717) is 13.2 Å². The van der Waals surface area contributed by atoms with Crippen LogP contribution in [-0.2, 0) is 20.9 Å². The highest BCUT2D eigenvalue weighted by Gasteiger charge is 2.41. The molecule has 6 heteroatoms. The van der Waals surface area contributed by atoms with Crippen LogP contribution in [0.5, 0.6) is 0 Å². The number of aliphatic hydroxyl groups excluding tert-OH is 1. The maximum absolute atomic E-state index is 12.9. The van der Waals surface area contributed by atoms with Crippen molar-refractivity contribution >= 4 is 5.91 Å². The number of nitrogens with zero attached hydrogens (tertiary/aromatic N) is 1. The third-order valence-corrected chi connectivity index (χ3v) is 4.69. The Bertz CT molecular complexity index is 512. The zero-order valence-electron chi connectivity index (χ0n) is 15.2. The van der Waals surface area contributed by atoms with E-state index < -0.39 is 11.5 Å². The molecule has 6 nitrogen and oxygen atoms in total. The van der Waals surface area contributed by atoms with Crippen LogP contribution in [0, 0.1) is 5.41 Å². The number of nitrogens with one attached hydrogen (secondary N) is 1. The van der Waals surface area contributed by atoms with Gasteiger partial charge < -0.3 is 24.8 Å². The summed E-state index contributed by atoms with van der Waals surface area (Å²) >= 11 is 0. The molecule has 0 saturated carbocycles. The van der Waals surface area contributed by atoms with E-state index in [1.54, 1.807) is 19.1 Å². The second-order valence-electron chi connectivity index (χ2n) is 6.80. The molecule has 25 heavy (non-hydrogen) atoms. The van der Waals surface area contributed by atoms with E-state index in [1.165, 1.54) is 0 Å². The van der Waals surface area contributed by atoms with Crippen molar-refractivity contribution in [2.45, 2.75) is 25.6 Å². The number of hydrogen-bond acceptors (Lipinski definition) is 5. The van der Waals surface area contributed by atoms with E-state index in [4.69, 9.17) is 9.47 Å². The quantitative estimate of drug-likeness (QED) is 0.696. The Hall–Kier alpha value is -1.47. The Kier molecular flexibility index (Phi) is 7.84. The summed E-state index contributed by atoms with van der Waals surface area (Å²) in [7, 11) is 3.37. The number of aliphatic hydroxyl groups is 1. The third kappa shape index (κ3) is 5.78. The molecule has 0 aromatic heterocycles. The molecule has 1 heterocycles. The molecule has 1 aliphatic heterocycles. The number of ether oxygens (including phenoxy) is 2. The number of carbonyl (C=O) groups excluding carboxylic acids is 1. The van der Waals surface area contributed by atoms with E-state index in [1.807, 2.05) is 30.3 Å². The van der Waals surface area contributed by atoms with Crippen LogP contribution in [0.3, 0.4) is 0 Å². The molecule has 1 amide bonds. The van der Waals surface area contributed by atoms with Gasteiger partial charge in [0.1, 0.15) is 0 Å². The van der Waals surface area contributed by atoms with Gasteiger partial charge in [-0.3, -0.25) is 4.79 Å². The van der Waals surface area contributed by atoms with Crippen LogP contribution in [-0.4, -0.2) is 69.0 Å². The second kappa shape index (κ2) is 9.87. The fraction of sp³-hybridized carbons (Fsp3) is 0.632. The summed E-state index contributed by atoms with van der Waals surface area (Å²) < 4.78 is 10.9. The van der Waals surface area contributed by atoms with Gasteiger partial charge in [0.05, 0.1) is 31.3 Å². The van der Waals surface area contributed by atoms with Crippen LogP contribution in [0.25, 0.3) is 0 Å². The van der Waals surface area contributed by atoms with Crippen molar-refractivity contribution < 1.29 is 19.4 Å². The first kappa shape index (κ1) is 19.8. The number of rotatable bonds is 9. The van der Waals surface area contributed by atoms with E-state index in [9.17, 15) is 9.90 Å². The number of piperidine rings is 1. The van der Waals surface area contributed by atoms with Crippen LogP contribution < -0.4 is 5.32 Å². The largest absolute Gasteiger partial charge is 0.389 e. The molecule has 1 saturated heterocycles. The number of carbonyl (C=O) groups is 1. The van der Waals surface area contributed by atoms with E-state index >= 15 is 0 Å². The van der Waals surface area contributed by atoms with Gasteiger partial charge in [-0.25, -0.2) is 0 Å². The van der Waals surface area contributed by atoms with Crippen LogP contribution in [0.15, 0.2) is 30.3 Å². The van der Waals surface area contributed by atoms with Crippen molar-refractivity contribution in [2.24, 2.45) is 5.41 Å². The predicted octanol–water partition coefficient (Wildman–Crippen LogP) is 1.04. The van der Waals surface area contributed by atoms with Gasteiger partial charge in [0, 0.05) is 20.7 Å². The number of methoxy groups -OCH3 is 1. The molecular formula is C19H30N2O4. The van der Waals surface area contributed by atoms with E-state index in [0.717, 1.165) is 31.5 Å². The topological polar surface area (TPSA) is 71.0 Å². The van der Waals surface area contributed by atoms with Crippen molar-refractivity contribution in [3.05, 3.63) is 35.9 Å². The summed E-state index contributed by atoms with van der Waals surface area (Å²) in [6.07, 6.45) is 0.800. The van der Waals surface area contributed by atoms with Crippen molar-refractivity contribution in [1.82, 2.24) is 10.2 Å². The van der Waals surface area contributed by atoms with E-state index in [2.05, 4.69) is 5.32 Å². The molecule has 1 aliphatic rings. The van der Waals surface area contributed by atoms with Crippen LogP contribution in [0.1, 0.15) is 18.4 Å². The van der Waals surface area contributed by atoms with Crippen molar-refractivity contribution in [1.29, 1.82) is 0 Å². The molecule has 0 spiro atoms. The van der Waals surface area contributed by atoms with Gasteiger partial charge in [0.2, 0.25) is 5.91 Å². The molecule has 2 rings (SSSR count). The first-order valence-electron chi connectivity index (χ1n) is 8.82. The van der Waals surface area contributed by atoms with Gasteiger partial charge in [-0.15, -0.1) is 0 Å². The molecule has 0 aliphatic carbocycles. The van der Waals surface area contributed by atoms with Crippen molar-refractivity contribution in [2.75, 3.05) is 47.0 Å². The van der Waals surface area contributed by atoms with Gasteiger partial charge in [-0.2, -0.15) is 0 Å². The minimum absolute atomic E-state index is 0.0398. The normalized spacial score (nSPS) is 17.9. The summed E-state index contributed by atoms with van der Waals surface area (Å²) in [5, 5.41) is 13.5. The molecule has 1 aromatic carbocycles. The molecule has 0 radical (unpaired) electrons. The molecule has 0 bridgehead atoms. The molecule has 1 aromatic rings. The Balaban J connectivity index is 1.80. The fourth-order valence-electron chi connectivity index (χ4n) is 3.35. The number of likely N-dealkylation sites (N-methyl/N-ethyl adjacent to an activating group) is 1. The summed E-state index contributed by atoms with van der Waals surface area (Å²) in [5.74, 6) is 0.0398. The molecule has 140 valence electrons. The smallest absolute Gasteiger partial charge is 0.231 e. The Morgan fingerprint density at radius 1 is 1.32 bits per heavy atom. The zero-order valence-corrected chi connectivity index (χ0v) is 15.2. The first-order chi connectivity index (χ1) is 12.1. The highest BCUT2D eigenvalue weighted by atomic mass is 16.5. The van der Waals surface area contributed by atoms with Gasteiger partial charge in [0.25, 0.3) is 0 Å². The summed E-state index contributed by atoms with van der Waals surface area (Å²) in [6.45, 7) is 2.95. The Labute approximate surface area is 150 Å². The lowest BCUT2D eigenvalue weighted by atomic mass is 9.78. The van der Waals surface area contributed by atoms with Crippen LogP contribution in [0.2, 0.25) is 0 Å². The molecule has 2 N–H and O–H groups in total. The lowest BCUT2D eigenvalue weighted by molar-refractivity contribution is -0.148. The Morgan fingerprint density at radius 2 is 2.00 bits per heavy atom. The summed E-state index contributed by atoms with van der Waals surface area (Å²) in [6, 6.07) is 9.82. The van der Waals surface area contributed by atoms with Crippen molar-refractivity contribution in [3.63, 3.8) is 0 Å². The second-order valence-corrected chi connectivity index (χ2v) is 6.80. The van der Waals surface area contributed by atoms with Gasteiger partial charge in [0.15, 0.2) is 0 Å². The summed E-state index contributed by atoms with van der Waals surface area (Å²) in [5.41, 5.74) is 0.576. The summed E-state index contributed by atoms with van der Waals surface area (Å²) in [4.78, 5) is 14.5. The first-order valence-corrected chi connectivity index (χ1v) is 8.82. The van der Waals surface area contributed by atoms with Crippen molar-refractivity contribution in [3.8, 4) is 0 Å². The maximum atomic E-state index is 12.9. The minimum Gasteiger partial charge on any atom is -0.389 e. The molecule has 1 fully saturated rings. The standard InChI is InChI=1S/C19H30N2O4/c1-21(18(23)19(15-24-2)8-10-20-11-9-19)12-17(22)14-25-13-16-6-4-3-5-7-16/h3-7,17,20,22H,8-15H2,1-2H3. The highest BCUT2D eigenvalue weighted by Crippen LogP contribution is 2.31. The number of hydrogen-bond donors (Lipinski definition) is 2. The highest BCUT2D eigenvalue weighted by molar-refractivity contribution is 5.83. The minimum atomic E-state index is -0.709. The van der Waals surface area contributed by atoms with Crippen LogP contribution >= 0.6 is 0 Å². The SMILES string of the molecule is COCC1(C(=O)N(C)CC(O)COCc2ccccc2)CCNCC1. The lowest BCUT2D eigenvalue weighted by Crippen LogP contribution is -2.52. The molecule has 1 unspecified atom stereocenters.